The first-order chi connectivity index (χ1) is 8.40. The van der Waals surface area contributed by atoms with Crippen LogP contribution in [0.3, 0.4) is 0 Å². The van der Waals surface area contributed by atoms with Crippen LogP contribution in [0.4, 0.5) is 0 Å². The molecule has 0 radical (unpaired) electrons. The zero-order valence-corrected chi connectivity index (χ0v) is 9.00. The molecule has 4 heteroatoms. The molecular formula is C13H9N3O. The summed E-state index contributed by atoms with van der Waals surface area (Å²) in [6.45, 7) is 0.477. The fraction of sp³-hybridized carbons (Fsp3) is 0.0769. The second kappa shape index (κ2) is 3.80. The van der Waals surface area contributed by atoms with Gasteiger partial charge in [-0.1, -0.05) is 24.1 Å². The minimum absolute atomic E-state index is 0.477. The van der Waals surface area contributed by atoms with Crippen molar-refractivity contribution in [2.45, 2.75) is 6.54 Å². The lowest BCUT2D eigenvalue weighted by Crippen LogP contribution is -1.97. The van der Waals surface area contributed by atoms with Gasteiger partial charge in [0, 0.05) is 10.9 Å². The van der Waals surface area contributed by atoms with Crippen molar-refractivity contribution in [3.63, 3.8) is 0 Å². The van der Waals surface area contributed by atoms with Gasteiger partial charge >= 0.3 is 0 Å². The SMILES string of the molecule is C#CCn1c(-c2nnco2)cc2ccccc21. The molecule has 0 fully saturated rings. The van der Waals surface area contributed by atoms with Crippen molar-refractivity contribution in [1.82, 2.24) is 14.8 Å². The Hall–Kier alpha value is -2.54. The Morgan fingerprint density at radius 2 is 2.24 bits per heavy atom. The maximum Gasteiger partial charge on any atom is 0.264 e. The van der Waals surface area contributed by atoms with Crippen molar-refractivity contribution in [1.29, 1.82) is 0 Å². The van der Waals surface area contributed by atoms with Gasteiger partial charge in [0.25, 0.3) is 5.89 Å². The van der Waals surface area contributed by atoms with E-state index in [0.717, 1.165) is 16.6 Å². The van der Waals surface area contributed by atoms with Crippen LogP contribution in [-0.2, 0) is 6.54 Å². The van der Waals surface area contributed by atoms with E-state index in [4.69, 9.17) is 10.8 Å². The largest absolute Gasteiger partial charge is 0.422 e. The average Bonchev–Trinajstić information content (AvgIpc) is 2.97. The molecule has 0 unspecified atom stereocenters. The highest BCUT2D eigenvalue weighted by atomic mass is 16.4. The predicted molar refractivity (Wildman–Crippen MR) is 64.1 cm³/mol. The Kier molecular flexibility index (Phi) is 2.16. The van der Waals surface area contributed by atoms with Crippen LogP contribution < -0.4 is 0 Å². The zero-order valence-electron chi connectivity index (χ0n) is 9.00. The summed E-state index contributed by atoms with van der Waals surface area (Å²) in [6, 6.07) is 10.0. The fourth-order valence-corrected chi connectivity index (χ4v) is 1.93. The molecule has 0 atom stereocenters. The summed E-state index contributed by atoms with van der Waals surface area (Å²) < 4.78 is 7.21. The third-order valence-electron chi connectivity index (χ3n) is 2.64. The molecule has 0 aliphatic carbocycles. The number of rotatable bonds is 2. The number of benzene rings is 1. The van der Waals surface area contributed by atoms with Gasteiger partial charge in [0.15, 0.2) is 0 Å². The van der Waals surface area contributed by atoms with Gasteiger partial charge in [-0.15, -0.1) is 16.6 Å². The first kappa shape index (κ1) is 9.67. The number of fused-ring (bicyclic) bond motifs is 1. The summed E-state index contributed by atoms with van der Waals surface area (Å²) in [6.07, 6.45) is 6.71. The van der Waals surface area contributed by atoms with Gasteiger partial charge in [-0.05, 0) is 12.1 Å². The summed E-state index contributed by atoms with van der Waals surface area (Å²) in [5, 5.41) is 8.71. The lowest BCUT2D eigenvalue weighted by atomic mass is 10.2. The van der Waals surface area contributed by atoms with Crippen molar-refractivity contribution in [2.24, 2.45) is 0 Å². The minimum Gasteiger partial charge on any atom is -0.422 e. The Morgan fingerprint density at radius 3 is 3.00 bits per heavy atom. The number of para-hydroxylation sites is 1. The lowest BCUT2D eigenvalue weighted by Gasteiger charge is -2.03. The number of terminal acetylenes is 1. The highest BCUT2D eigenvalue weighted by Gasteiger charge is 2.13. The van der Waals surface area contributed by atoms with Crippen LogP contribution in [0.2, 0.25) is 0 Å². The summed E-state index contributed by atoms with van der Waals surface area (Å²) >= 11 is 0. The third kappa shape index (κ3) is 1.49. The van der Waals surface area contributed by atoms with Crippen LogP contribution in [0.5, 0.6) is 0 Å². The first-order valence-electron chi connectivity index (χ1n) is 5.18. The van der Waals surface area contributed by atoms with Gasteiger partial charge in [-0.3, -0.25) is 0 Å². The Bertz CT molecular complexity index is 689. The highest BCUT2D eigenvalue weighted by molar-refractivity contribution is 5.85. The summed E-state index contributed by atoms with van der Waals surface area (Å²) in [7, 11) is 0. The third-order valence-corrected chi connectivity index (χ3v) is 2.64. The normalized spacial score (nSPS) is 10.5. The van der Waals surface area contributed by atoms with Crippen LogP contribution in [0.25, 0.3) is 22.5 Å². The van der Waals surface area contributed by atoms with Crippen molar-refractivity contribution < 1.29 is 4.42 Å². The second-order valence-electron chi connectivity index (χ2n) is 3.62. The van der Waals surface area contributed by atoms with E-state index in [-0.39, 0.29) is 0 Å². The van der Waals surface area contributed by atoms with E-state index >= 15 is 0 Å². The number of nitrogens with zero attached hydrogens (tertiary/aromatic N) is 3. The topological polar surface area (TPSA) is 43.9 Å². The van der Waals surface area contributed by atoms with Gasteiger partial charge in [-0.25, -0.2) is 0 Å². The van der Waals surface area contributed by atoms with Gasteiger partial charge < -0.3 is 8.98 Å². The first-order valence-corrected chi connectivity index (χ1v) is 5.18. The molecule has 2 heterocycles. The van der Waals surface area contributed by atoms with Gasteiger partial charge in [-0.2, -0.15) is 0 Å². The Balaban J connectivity index is 2.31. The Labute approximate surface area is 97.9 Å². The highest BCUT2D eigenvalue weighted by Crippen LogP contribution is 2.26. The van der Waals surface area contributed by atoms with Gasteiger partial charge in [0.2, 0.25) is 6.39 Å². The quantitative estimate of drug-likeness (QED) is 0.626. The monoisotopic (exact) mass is 223 g/mol. The molecule has 2 aromatic heterocycles. The lowest BCUT2D eigenvalue weighted by molar-refractivity contribution is 0.563. The molecule has 0 spiro atoms. The molecule has 0 aliphatic rings. The second-order valence-corrected chi connectivity index (χ2v) is 3.62. The minimum atomic E-state index is 0.477. The molecule has 0 amide bonds. The van der Waals surface area contributed by atoms with Crippen LogP contribution in [0.1, 0.15) is 0 Å². The molecule has 3 aromatic rings. The molecule has 0 N–H and O–H groups in total. The molecule has 4 nitrogen and oxygen atoms in total. The van der Waals surface area contributed by atoms with Crippen LogP contribution in [-0.4, -0.2) is 14.8 Å². The maximum atomic E-state index is 5.40. The summed E-state index contributed by atoms with van der Waals surface area (Å²) in [4.78, 5) is 0. The molecule has 3 rings (SSSR count). The van der Waals surface area contributed by atoms with Crippen molar-refractivity contribution in [3.05, 3.63) is 36.7 Å². The van der Waals surface area contributed by atoms with E-state index in [1.54, 1.807) is 0 Å². The number of aromatic nitrogens is 3. The Morgan fingerprint density at radius 1 is 1.35 bits per heavy atom. The summed E-state index contributed by atoms with van der Waals surface area (Å²) in [5.74, 6) is 3.12. The molecule has 1 aromatic carbocycles. The van der Waals surface area contributed by atoms with Crippen molar-refractivity contribution >= 4 is 10.9 Å². The molecule has 82 valence electrons. The van der Waals surface area contributed by atoms with E-state index in [1.807, 2.05) is 34.9 Å². The van der Waals surface area contributed by atoms with Crippen molar-refractivity contribution in [2.75, 3.05) is 0 Å². The number of hydrogen-bond donors (Lipinski definition) is 0. The molecule has 0 aliphatic heterocycles. The molecule has 0 saturated heterocycles. The van der Waals surface area contributed by atoms with Crippen LogP contribution in [0, 0.1) is 12.3 Å². The summed E-state index contributed by atoms with van der Waals surface area (Å²) in [5.41, 5.74) is 1.92. The van der Waals surface area contributed by atoms with E-state index in [2.05, 4.69) is 16.1 Å². The van der Waals surface area contributed by atoms with E-state index < -0.39 is 0 Å². The van der Waals surface area contributed by atoms with E-state index in [1.165, 1.54) is 6.39 Å². The van der Waals surface area contributed by atoms with Gasteiger partial charge in [0.05, 0.1) is 6.54 Å². The fourth-order valence-electron chi connectivity index (χ4n) is 1.93. The van der Waals surface area contributed by atoms with E-state index in [9.17, 15) is 0 Å². The maximum absolute atomic E-state index is 5.40. The van der Waals surface area contributed by atoms with Crippen LogP contribution in [0.15, 0.2) is 41.1 Å². The molecule has 17 heavy (non-hydrogen) atoms. The van der Waals surface area contributed by atoms with E-state index in [0.29, 0.717) is 12.4 Å². The zero-order chi connectivity index (χ0) is 11.7. The predicted octanol–water partition coefficient (Wildman–Crippen LogP) is 2.32. The van der Waals surface area contributed by atoms with Crippen molar-refractivity contribution in [3.8, 4) is 23.9 Å². The average molecular weight is 223 g/mol. The smallest absolute Gasteiger partial charge is 0.264 e. The molecule has 0 bridgehead atoms. The van der Waals surface area contributed by atoms with Gasteiger partial charge in [0.1, 0.15) is 5.69 Å². The van der Waals surface area contributed by atoms with Crippen LogP contribution >= 0.6 is 0 Å². The molecular weight excluding hydrogens is 214 g/mol. The molecule has 0 saturated carbocycles. The number of hydrogen-bond acceptors (Lipinski definition) is 3. The standard InChI is InChI=1S/C13H9N3O/c1-2-7-16-11-6-4-3-5-10(11)8-12(16)13-15-14-9-17-13/h1,3-6,8-9H,7H2.